The van der Waals surface area contributed by atoms with Gasteiger partial charge in [-0.3, -0.25) is 9.59 Å². The van der Waals surface area contributed by atoms with Crippen LogP contribution < -0.4 is 5.32 Å². The van der Waals surface area contributed by atoms with Gasteiger partial charge in [-0.25, -0.2) is 4.39 Å². The van der Waals surface area contributed by atoms with Crippen LogP contribution in [0.3, 0.4) is 0 Å². The van der Waals surface area contributed by atoms with Crippen LogP contribution in [0.15, 0.2) is 24.3 Å². The molecule has 1 aromatic rings. The maximum atomic E-state index is 13.1. The molecule has 1 fully saturated rings. The van der Waals surface area contributed by atoms with E-state index in [9.17, 15) is 14.0 Å². The summed E-state index contributed by atoms with van der Waals surface area (Å²) >= 11 is 5.52. The summed E-state index contributed by atoms with van der Waals surface area (Å²) in [6.45, 7) is 1.11. The van der Waals surface area contributed by atoms with Gasteiger partial charge in [0.1, 0.15) is 5.82 Å². The van der Waals surface area contributed by atoms with Gasteiger partial charge in [-0.2, -0.15) is 0 Å². The highest BCUT2D eigenvalue weighted by molar-refractivity contribution is 6.18. The van der Waals surface area contributed by atoms with Crippen molar-refractivity contribution in [1.29, 1.82) is 0 Å². The van der Waals surface area contributed by atoms with Crippen molar-refractivity contribution in [2.45, 2.75) is 25.3 Å². The van der Waals surface area contributed by atoms with E-state index in [-0.39, 0.29) is 17.9 Å². The first kappa shape index (κ1) is 15.8. The van der Waals surface area contributed by atoms with Crippen LogP contribution in [0.4, 0.5) is 4.39 Å². The minimum atomic E-state index is -0.413. The number of halogens is 2. The maximum absolute atomic E-state index is 13.1. The van der Waals surface area contributed by atoms with E-state index in [4.69, 9.17) is 11.6 Å². The van der Waals surface area contributed by atoms with Crippen LogP contribution in [-0.4, -0.2) is 41.7 Å². The monoisotopic (exact) mass is 312 g/mol. The van der Waals surface area contributed by atoms with E-state index in [1.165, 1.54) is 18.2 Å². The number of carbonyl (C=O) groups is 2. The van der Waals surface area contributed by atoms with Crippen molar-refractivity contribution in [2.75, 3.05) is 19.0 Å². The van der Waals surface area contributed by atoms with Crippen LogP contribution >= 0.6 is 11.6 Å². The Balaban J connectivity index is 1.86. The van der Waals surface area contributed by atoms with Crippen molar-refractivity contribution in [2.24, 2.45) is 0 Å². The van der Waals surface area contributed by atoms with Gasteiger partial charge in [-0.15, -0.1) is 11.6 Å². The van der Waals surface area contributed by atoms with Crippen LogP contribution in [0.2, 0.25) is 0 Å². The average molecular weight is 313 g/mol. The van der Waals surface area contributed by atoms with Crippen molar-refractivity contribution in [3.8, 4) is 0 Å². The average Bonchev–Trinajstić information content (AvgIpc) is 2.47. The van der Waals surface area contributed by atoms with Gasteiger partial charge >= 0.3 is 0 Å². The summed E-state index contributed by atoms with van der Waals surface area (Å²) in [5.74, 6) is -0.327. The van der Waals surface area contributed by atoms with Crippen molar-refractivity contribution in [1.82, 2.24) is 10.2 Å². The zero-order chi connectivity index (χ0) is 15.2. The number of carbonyl (C=O) groups excluding carboxylic acids is 2. The summed E-state index contributed by atoms with van der Waals surface area (Å²) in [7, 11) is 0. The molecule has 4 nitrogen and oxygen atoms in total. The highest BCUT2D eigenvalue weighted by Crippen LogP contribution is 2.15. The van der Waals surface area contributed by atoms with Crippen molar-refractivity contribution >= 4 is 23.4 Å². The SMILES string of the molecule is O=C(CCCl)NC1CCN(C(=O)c2cccc(F)c2)CC1. The zero-order valence-corrected chi connectivity index (χ0v) is 12.4. The molecule has 1 aliphatic rings. The Kier molecular flexibility index (Phi) is 5.56. The number of alkyl halides is 1. The largest absolute Gasteiger partial charge is 0.353 e. The molecule has 1 aromatic carbocycles. The molecule has 0 unspecified atom stereocenters. The minimum absolute atomic E-state index is 0.0556. The molecule has 1 saturated heterocycles. The third-order valence-corrected chi connectivity index (χ3v) is 3.73. The first-order valence-corrected chi connectivity index (χ1v) is 7.54. The van der Waals surface area contributed by atoms with Gasteiger partial charge in [0.05, 0.1) is 0 Å². The van der Waals surface area contributed by atoms with Gasteiger partial charge in [0.15, 0.2) is 0 Å². The molecule has 1 heterocycles. The predicted molar refractivity (Wildman–Crippen MR) is 78.8 cm³/mol. The fourth-order valence-electron chi connectivity index (χ4n) is 2.42. The van der Waals surface area contributed by atoms with Crippen LogP contribution in [0.1, 0.15) is 29.6 Å². The van der Waals surface area contributed by atoms with E-state index in [1.807, 2.05) is 0 Å². The van der Waals surface area contributed by atoms with E-state index in [0.717, 1.165) is 0 Å². The first-order valence-electron chi connectivity index (χ1n) is 7.00. The molecule has 0 bridgehead atoms. The molecular weight excluding hydrogens is 295 g/mol. The molecule has 1 N–H and O–H groups in total. The maximum Gasteiger partial charge on any atom is 0.253 e. The number of amides is 2. The Morgan fingerprint density at radius 1 is 1.33 bits per heavy atom. The molecule has 0 saturated carbocycles. The number of likely N-dealkylation sites (tertiary alicyclic amines) is 1. The van der Waals surface area contributed by atoms with Crippen LogP contribution in [-0.2, 0) is 4.79 Å². The van der Waals surface area contributed by atoms with E-state index < -0.39 is 5.82 Å². The summed E-state index contributed by atoms with van der Waals surface area (Å²) in [4.78, 5) is 25.4. The summed E-state index contributed by atoms with van der Waals surface area (Å²) in [6, 6.07) is 5.78. The molecule has 1 aliphatic heterocycles. The fourth-order valence-corrected chi connectivity index (χ4v) is 2.59. The van der Waals surface area contributed by atoms with Gasteiger partial charge < -0.3 is 10.2 Å². The smallest absolute Gasteiger partial charge is 0.253 e. The highest BCUT2D eigenvalue weighted by atomic mass is 35.5. The Morgan fingerprint density at radius 3 is 2.67 bits per heavy atom. The van der Waals surface area contributed by atoms with Crippen LogP contribution in [0.25, 0.3) is 0 Å². The summed E-state index contributed by atoms with van der Waals surface area (Å²) in [5, 5.41) is 2.91. The Hall–Kier alpha value is -1.62. The number of nitrogens with one attached hydrogen (secondary N) is 1. The predicted octanol–water partition coefficient (Wildman–Crippen LogP) is 2.18. The van der Waals surface area contributed by atoms with Crippen molar-refractivity contribution in [3.05, 3.63) is 35.6 Å². The number of nitrogens with zero attached hydrogens (tertiary/aromatic N) is 1. The highest BCUT2D eigenvalue weighted by Gasteiger charge is 2.24. The second-order valence-corrected chi connectivity index (χ2v) is 5.46. The number of rotatable bonds is 4. The molecule has 6 heteroatoms. The topological polar surface area (TPSA) is 49.4 Å². The number of hydrogen-bond acceptors (Lipinski definition) is 2. The Morgan fingerprint density at radius 2 is 2.05 bits per heavy atom. The first-order chi connectivity index (χ1) is 10.1. The molecule has 0 aliphatic carbocycles. The standard InChI is InChI=1S/C15H18ClFN2O2/c16-7-4-14(20)18-13-5-8-19(9-6-13)15(21)11-2-1-3-12(17)10-11/h1-3,10,13H,4-9H2,(H,18,20). The molecule has 114 valence electrons. The minimum Gasteiger partial charge on any atom is -0.353 e. The lowest BCUT2D eigenvalue weighted by molar-refractivity contribution is -0.121. The second kappa shape index (κ2) is 7.41. The fraction of sp³-hybridized carbons (Fsp3) is 0.467. The third kappa shape index (κ3) is 4.43. The molecule has 2 amide bonds. The molecule has 2 rings (SSSR count). The van der Waals surface area contributed by atoms with Crippen LogP contribution in [0, 0.1) is 5.82 Å². The molecule has 0 spiro atoms. The molecule has 21 heavy (non-hydrogen) atoms. The third-order valence-electron chi connectivity index (χ3n) is 3.54. The van der Waals surface area contributed by atoms with Crippen LogP contribution in [0.5, 0.6) is 0 Å². The van der Waals surface area contributed by atoms with Gasteiger partial charge in [0, 0.05) is 37.0 Å². The quantitative estimate of drug-likeness (QED) is 0.866. The molecular formula is C15H18ClFN2O2. The summed E-state index contributed by atoms with van der Waals surface area (Å²) < 4.78 is 13.1. The number of hydrogen-bond donors (Lipinski definition) is 1. The second-order valence-electron chi connectivity index (χ2n) is 5.08. The lowest BCUT2D eigenvalue weighted by atomic mass is 10.0. The number of benzene rings is 1. The van der Waals surface area contributed by atoms with Crippen molar-refractivity contribution in [3.63, 3.8) is 0 Å². The summed E-state index contributed by atoms with van der Waals surface area (Å²) in [6.07, 6.45) is 1.72. The molecule has 0 aromatic heterocycles. The molecule has 0 radical (unpaired) electrons. The summed E-state index contributed by atoms with van der Waals surface area (Å²) in [5.41, 5.74) is 0.361. The van der Waals surface area contributed by atoms with Crippen molar-refractivity contribution < 1.29 is 14.0 Å². The van der Waals surface area contributed by atoms with E-state index in [0.29, 0.717) is 43.8 Å². The Labute approximate surface area is 128 Å². The normalized spacial score (nSPS) is 15.8. The lowest BCUT2D eigenvalue weighted by Gasteiger charge is -2.32. The molecule has 0 atom stereocenters. The van der Waals surface area contributed by atoms with Gasteiger partial charge in [-0.05, 0) is 31.0 Å². The van der Waals surface area contributed by atoms with E-state index in [1.54, 1.807) is 11.0 Å². The van der Waals surface area contributed by atoms with Gasteiger partial charge in [0.25, 0.3) is 5.91 Å². The van der Waals surface area contributed by atoms with Gasteiger partial charge in [-0.1, -0.05) is 6.07 Å². The van der Waals surface area contributed by atoms with E-state index >= 15 is 0 Å². The van der Waals surface area contributed by atoms with E-state index in [2.05, 4.69) is 5.32 Å². The lowest BCUT2D eigenvalue weighted by Crippen LogP contribution is -2.46. The zero-order valence-electron chi connectivity index (χ0n) is 11.6. The van der Waals surface area contributed by atoms with Gasteiger partial charge in [0.2, 0.25) is 5.91 Å². The Bertz CT molecular complexity index is 516. The number of piperidine rings is 1.